The highest BCUT2D eigenvalue weighted by Crippen LogP contribution is 2.41. The van der Waals surface area contributed by atoms with E-state index in [1.54, 1.807) is 0 Å². The van der Waals surface area contributed by atoms with Crippen LogP contribution in [0.4, 0.5) is 0 Å². The maximum atomic E-state index is 5.38. The minimum atomic E-state index is -0.496. The van der Waals surface area contributed by atoms with E-state index in [1.165, 1.54) is 0 Å². The molecule has 0 N–H and O–H groups in total. The normalized spacial score (nSPS) is 36.7. The first-order valence-electron chi connectivity index (χ1n) is 3.36. The Bertz CT molecular complexity index is 79.1. The summed E-state index contributed by atoms with van der Waals surface area (Å²) in [6, 6.07) is 0. The minimum absolute atomic E-state index is 0.496. The van der Waals surface area contributed by atoms with Crippen LogP contribution in [-0.2, 0) is 9.05 Å². The van der Waals surface area contributed by atoms with Crippen LogP contribution in [0, 0.1) is 5.92 Å². The van der Waals surface area contributed by atoms with E-state index in [4.69, 9.17) is 9.05 Å². The Hall–Kier alpha value is 0.350. The number of rotatable bonds is 1. The van der Waals surface area contributed by atoms with E-state index in [9.17, 15) is 0 Å². The van der Waals surface area contributed by atoms with Crippen molar-refractivity contribution in [3.05, 3.63) is 0 Å². The van der Waals surface area contributed by atoms with E-state index in [2.05, 4.69) is 13.8 Å². The summed E-state index contributed by atoms with van der Waals surface area (Å²) >= 11 is 0. The van der Waals surface area contributed by atoms with Gasteiger partial charge in [-0.25, -0.2) is 0 Å². The second-order valence-corrected chi connectivity index (χ2v) is 4.16. The van der Waals surface area contributed by atoms with Crippen LogP contribution in [-0.4, -0.2) is 19.4 Å². The second kappa shape index (κ2) is 3.50. The van der Waals surface area contributed by atoms with Crippen molar-refractivity contribution in [3.8, 4) is 0 Å². The molecule has 2 nitrogen and oxygen atoms in total. The highest BCUT2D eigenvalue weighted by atomic mass is 31.2. The molecule has 1 rings (SSSR count). The Balaban J connectivity index is 2.18. The maximum absolute atomic E-state index is 5.38. The first kappa shape index (κ1) is 7.46. The lowest BCUT2D eigenvalue weighted by atomic mass is 10.2. The van der Waals surface area contributed by atoms with Gasteiger partial charge in [-0.2, -0.15) is 0 Å². The summed E-state index contributed by atoms with van der Waals surface area (Å²) in [6.07, 6.45) is 1.03. The Labute approximate surface area is 57.5 Å². The molecule has 0 aromatic rings. The second-order valence-electron chi connectivity index (χ2n) is 2.35. The van der Waals surface area contributed by atoms with Crippen LogP contribution in [0.1, 0.15) is 13.8 Å². The van der Waals surface area contributed by atoms with E-state index in [0.717, 1.165) is 19.4 Å². The zero-order valence-corrected chi connectivity index (χ0v) is 6.86. The summed E-state index contributed by atoms with van der Waals surface area (Å²) in [5.74, 6) is 0.593. The predicted octanol–water partition coefficient (Wildman–Crippen LogP) is 2.00. The van der Waals surface area contributed by atoms with Crippen LogP contribution < -0.4 is 0 Å². The van der Waals surface area contributed by atoms with E-state index in [0.29, 0.717) is 5.92 Å². The molecule has 0 aliphatic carbocycles. The lowest BCUT2D eigenvalue weighted by Crippen LogP contribution is -2.16. The molecule has 0 unspecified atom stereocenters. The van der Waals surface area contributed by atoms with Crippen LogP contribution in [0.15, 0.2) is 0 Å². The first-order valence-corrected chi connectivity index (χ1v) is 4.72. The molecule has 0 bridgehead atoms. The van der Waals surface area contributed by atoms with Crippen molar-refractivity contribution in [1.29, 1.82) is 0 Å². The molecule has 0 aromatic carbocycles. The molecule has 54 valence electrons. The lowest BCUT2D eigenvalue weighted by molar-refractivity contribution is 0.130. The van der Waals surface area contributed by atoms with Crippen molar-refractivity contribution in [2.75, 3.05) is 19.4 Å². The highest BCUT2D eigenvalue weighted by Gasteiger charge is 2.17. The van der Waals surface area contributed by atoms with Gasteiger partial charge in [0.05, 0.1) is 13.2 Å². The average Bonchev–Trinajstić information content (AvgIpc) is 1.90. The summed E-state index contributed by atoms with van der Waals surface area (Å²) in [7, 11) is -0.496. The molecule has 0 atom stereocenters. The third kappa shape index (κ3) is 2.21. The summed E-state index contributed by atoms with van der Waals surface area (Å²) < 4.78 is 10.8. The molecule has 0 aromatic heterocycles. The molecule has 1 saturated heterocycles. The van der Waals surface area contributed by atoms with Gasteiger partial charge < -0.3 is 9.05 Å². The Morgan fingerprint density at radius 3 is 2.44 bits per heavy atom. The van der Waals surface area contributed by atoms with Crippen LogP contribution >= 0.6 is 8.38 Å². The Morgan fingerprint density at radius 2 is 2.00 bits per heavy atom. The molecular formula is C6H13O2P. The van der Waals surface area contributed by atoms with Crippen molar-refractivity contribution >= 4 is 8.38 Å². The molecule has 0 spiro atoms. The summed E-state index contributed by atoms with van der Waals surface area (Å²) in [5.41, 5.74) is 0. The summed E-state index contributed by atoms with van der Waals surface area (Å²) in [4.78, 5) is 0. The molecule has 9 heavy (non-hydrogen) atoms. The van der Waals surface area contributed by atoms with Gasteiger partial charge in [0.25, 0.3) is 0 Å². The third-order valence-corrected chi connectivity index (χ3v) is 2.65. The minimum Gasteiger partial charge on any atom is -0.334 e. The third-order valence-electron chi connectivity index (χ3n) is 1.26. The zero-order chi connectivity index (χ0) is 6.69. The number of hydrogen-bond donors (Lipinski definition) is 0. The van der Waals surface area contributed by atoms with E-state index in [1.807, 2.05) is 0 Å². The molecule has 0 amide bonds. The van der Waals surface area contributed by atoms with Crippen LogP contribution in [0.3, 0.4) is 0 Å². The van der Waals surface area contributed by atoms with Crippen LogP contribution in [0.2, 0.25) is 0 Å². The van der Waals surface area contributed by atoms with E-state index < -0.39 is 8.38 Å². The summed E-state index contributed by atoms with van der Waals surface area (Å²) in [6.45, 7) is 6.02. The molecule has 1 aliphatic heterocycles. The van der Waals surface area contributed by atoms with Gasteiger partial charge in [0.2, 0.25) is 0 Å². The molecular weight excluding hydrogens is 135 g/mol. The van der Waals surface area contributed by atoms with Crippen LogP contribution in [0.25, 0.3) is 0 Å². The predicted molar refractivity (Wildman–Crippen MR) is 38.5 cm³/mol. The SMILES string of the molecule is CCP1OCC(C)CO1. The Kier molecular flexibility index (Phi) is 2.90. The molecule has 1 fully saturated rings. The van der Waals surface area contributed by atoms with Gasteiger partial charge in [-0.15, -0.1) is 0 Å². The summed E-state index contributed by atoms with van der Waals surface area (Å²) in [5, 5.41) is 0. The van der Waals surface area contributed by atoms with Crippen molar-refractivity contribution < 1.29 is 9.05 Å². The first-order chi connectivity index (χ1) is 4.33. The fraction of sp³-hybridized carbons (Fsp3) is 1.00. The monoisotopic (exact) mass is 148 g/mol. The standard InChI is InChI=1S/C6H13O2P/c1-3-9-7-4-6(2)5-8-9/h6H,3-5H2,1-2H3. The van der Waals surface area contributed by atoms with Gasteiger partial charge in [0.15, 0.2) is 8.38 Å². The van der Waals surface area contributed by atoms with Crippen molar-refractivity contribution in [2.45, 2.75) is 13.8 Å². The topological polar surface area (TPSA) is 18.5 Å². The van der Waals surface area contributed by atoms with Gasteiger partial charge in [0, 0.05) is 12.1 Å². The molecule has 0 saturated carbocycles. The average molecular weight is 148 g/mol. The van der Waals surface area contributed by atoms with Gasteiger partial charge >= 0.3 is 0 Å². The lowest BCUT2D eigenvalue weighted by Gasteiger charge is -2.25. The van der Waals surface area contributed by atoms with Crippen LogP contribution in [0.5, 0.6) is 0 Å². The van der Waals surface area contributed by atoms with Crippen molar-refractivity contribution in [3.63, 3.8) is 0 Å². The van der Waals surface area contributed by atoms with Gasteiger partial charge in [-0.1, -0.05) is 13.8 Å². The van der Waals surface area contributed by atoms with E-state index in [-0.39, 0.29) is 0 Å². The highest BCUT2D eigenvalue weighted by molar-refractivity contribution is 7.47. The molecule has 3 heteroatoms. The van der Waals surface area contributed by atoms with Gasteiger partial charge in [0.1, 0.15) is 0 Å². The van der Waals surface area contributed by atoms with E-state index >= 15 is 0 Å². The molecule has 1 aliphatic rings. The van der Waals surface area contributed by atoms with Crippen molar-refractivity contribution in [1.82, 2.24) is 0 Å². The van der Waals surface area contributed by atoms with Gasteiger partial charge in [-0.05, 0) is 0 Å². The largest absolute Gasteiger partial charge is 0.334 e. The van der Waals surface area contributed by atoms with Gasteiger partial charge in [-0.3, -0.25) is 0 Å². The fourth-order valence-corrected chi connectivity index (χ4v) is 1.97. The smallest absolute Gasteiger partial charge is 0.170 e. The Morgan fingerprint density at radius 1 is 1.44 bits per heavy atom. The zero-order valence-electron chi connectivity index (χ0n) is 5.96. The molecule has 0 radical (unpaired) electrons. The van der Waals surface area contributed by atoms with Crippen molar-refractivity contribution in [2.24, 2.45) is 5.92 Å². The quantitative estimate of drug-likeness (QED) is 0.529. The fourth-order valence-electron chi connectivity index (χ4n) is 0.689. The maximum Gasteiger partial charge on any atom is 0.170 e. The number of hydrogen-bond acceptors (Lipinski definition) is 2. The molecule has 1 heterocycles.